The van der Waals surface area contributed by atoms with Gasteiger partial charge in [0, 0.05) is 22.7 Å². The Bertz CT molecular complexity index is 879. The highest BCUT2D eigenvalue weighted by Crippen LogP contribution is 2.29. The third-order valence-electron chi connectivity index (χ3n) is 3.27. The lowest BCUT2D eigenvalue weighted by Gasteiger charge is -2.09. The van der Waals surface area contributed by atoms with Crippen LogP contribution in [0.2, 0.25) is 0 Å². The summed E-state index contributed by atoms with van der Waals surface area (Å²) >= 11 is 0. The average molecular weight is 307 g/mol. The summed E-state index contributed by atoms with van der Waals surface area (Å²) in [5, 5.41) is 16.1. The van der Waals surface area contributed by atoms with Gasteiger partial charge in [0.15, 0.2) is 0 Å². The highest BCUT2D eigenvalue weighted by molar-refractivity contribution is 6.44. The van der Waals surface area contributed by atoms with E-state index in [4.69, 9.17) is 0 Å². The predicted molar refractivity (Wildman–Crippen MR) is 87.1 cm³/mol. The molecule has 1 heterocycles. The molecule has 114 valence electrons. The van der Waals surface area contributed by atoms with Gasteiger partial charge in [0.1, 0.15) is 5.75 Å². The largest absolute Gasteiger partial charge is 0.507 e. The molecule has 0 saturated heterocycles. The molecule has 3 aromatic rings. The van der Waals surface area contributed by atoms with Crippen LogP contribution < -0.4 is 10.6 Å². The molecule has 3 N–H and O–H groups in total. The average Bonchev–Trinajstić information content (AvgIpc) is 2.56. The van der Waals surface area contributed by atoms with E-state index in [1.807, 2.05) is 0 Å². The van der Waals surface area contributed by atoms with E-state index < -0.39 is 11.8 Å². The Morgan fingerprint density at radius 3 is 2.39 bits per heavy atom. The number of phenols is 1. The Labute approximate surface area is 131 Å². The number of anilines is 2. The zero-order valence-electron chi connectivity index (χ0n) is 12.0. The van der Waals surface area contributed by atoms with Crippen LogP contribution in [0, 0.1) is 0 Å². The van der Waals surface area contributed by atoms with E-state index in [0.29, 0.717) is 22.1 Å². The quantitative estimate of drug-likeness (QED) is 0.634. The minimum absolute atomic E-state index is 0.110. The summed E-state index contributed by atoms with van der Waals surface area (Å²) in [7, 11) is 0. The van der Waals surface area contributed by atoms with Crippen LogP contribution in [0.3, 0.4) is 0 Å². The monoisotopic (exact) mass is 307 g/mol. The second-order valence-corrected chi connectivity index (χ2v) is 4.83. The van der Waals surface area contributed by atoms with Crippen molar-refractivity contribution < 1.29 is 14.7 Å². The Hall–Kier alpha value is -3.41. The third-order valence-corrected chi connectivity index (χ3v) is 3.27. The number of hydrogen-bond donors (Lipinski definition) is 3. The van der Waals surface area contributed by atoms with E-state index in [2.05, 4.69) is 15.6 Å². The van der Waals surface area contributed by atoms with Gasteiger partial charge >= 0.3 is 11.8 Å². The minimum Gasteiger partial charge on any atom is -0.507 e. The Balaban J connectivity index is 1.80. The first-order chi connectivity index (χ1) is 11.1. The second-order valence-electron chi connectivity index (χ2n) is 4.83. The number of hydrogen-bond acceptors (Lipinski definition) is 4. The molecule has 23 heavy (non-hydrogen) atoms. The smallest absolute Gasteiger partial charge is 0.314 e. The minimum atomic E-state index is -0.801. The fourth-order valence-corrected chi connectivity index (χ4v) is 2.21. The first-order valence-electron chi connectivity index (χ1n) is 6.88. The number of pyridine rings is 1. The number of amides is 2. The van der Waals surface area contributed by atoms with Crippen LogP contribution in [0.25, 0.3) is 10.8 Å². The molecule has 0 aliphatic rings. The first-order valence-corrected chi connectivity index (χ1v) is 6.88. The van der Waals surface area contributed by atoms with Crippen molar-refractivity contribution in [2.75, 3.05) is 10.6 Å². The number of fused-ring (bicyclic) bond motifs is 1. The molecule has 0 saturated carbocycles. The molecular formula is C17H13N3O3. The van der Waals surface area contributed by atoms with E-state index in [-0.39, 0.29) is 5.75 Å². The summed E-state index contributed by atoms with van der Waals surface area (Å²) in [4.78, 5) is 27.8. The lowest BCUT2D eigenvalue weighted by molar-refractivity contribution is -0.132. The van der Waals surface area contributed by atoms with Gasteiger partial charge in [-0.25, -0.2) is 0 Å². The summed E-state index contributed by atoms with van der Waals surface area (Å²) in [6, 6.07) is 13.4. The van der Waals surface area contributed by atoms with Gasteiger partial charge in [0.2, 0.25) is 0 Å². The maximum atomic E-state index is 12.0. The van der Waals surface area contributed by atoms with Gasteiger partial charge in [-0.3, -0.25) is 14.6 Å². The van der Waals surface area contributed by atoms with Gasteiger partial charge in [-0.05, 0) is 24.3 Å². The van der Waals surface area contributed by atoms with Crippen molar-refractivity contribution in [1.29, 1.82) is 0 Å². The zero-order chi connectivity index (χ0) is 16.2. The number of aromatic hydroxyl groups is 1. The number of nitrogens with one attached hydrogen (secondary N) is 2. The van der Waals surface area contributed by atoms with E-state index in [1.54, 1.807) is 54.7 Å². The fraction of sp³-hybridized carbons (Fsp3) is 0. The SMILES string of the molecule is O=C(Nc1cccnc1)C(=O)Nc1cccc2c(O)cccc12. The molecular weight excluding hydrogens is 294 g/mol. The van der Waals surface area contributed by atoms with Gasteiger partial charge in [-0.1, -0.05) is 24.3 Å². The Kier molecular flexibility index (Phi) is 3.88. The predicted octanol–water partition coefficient (Wildman–Crippen LogP) is 2.52. The van der Waals surface area contributed by atoms with Crippen LogP contribution in [0.4, 0.5) is 11.4 Å². The van der Waals surface area contributed by atoms with Crippen molar-refractivity contribution >= 4 is 34.0 Å². The highest BCUT2D eigenvalue weighted by atomic mass is 16.3. The molecule has 0 radical (unpaired) electrons. The molecule has 6 nitrogen and oxygen atoms in total. The number of rotatable bonds is 2. The lowest BCUT2D eigenvalue weighted by Crippen LogP contribution is -2.29. The Morgan fingerprint density at radius 2 is 1.61 bits per heavy atom. The molecule has 0 atom stereocenters. The van der Waals surface area contributed by atoms with Gasteiger partial charge < -0.3 is 15.7 Å². The van der Waals surface area contributed by atoms with Crippen molar-refractivity contribution in [3.05, 3.63) is 60.9 Å². The normalized spacial score (nSPS) is 10.3. The molecule has 0 bridgehead atoms. The van der Waals surface area contributed by atoms with Crippen LogP contribution in [0.15, 0.2) is 60.9 Å². The van der Waals surface area contributed by atoms with Crippen LogP contribution in [0.1, 0.15) is 0 Å². The summed E-state index contributed by atoms with van der Waals surface area (Å²) in [6.45, 7) is 0. The second kappa shape index (κ2) is 6.15. The van der Waals surface area contributed by atoms with Crippen molar-refractivity contribution in [2.24, 2.45) is 0 Å². The van der Waals surface area contributed by atoms with E-state index >= 15 is 0 Å². The Morgan fingerprint density at radius 1 is 0.870 bits per heavy atom. The first kappa shape index (κ1) is 14.5. The molecule has 2 aromatic carbocycles. The number of phenolic OH excluding ortho intramolecular Hbond substituents is 1. The zero-order valence-corrected chi connectivity index (χ0v) is 12.0. The maximum absolute atomic E-state index is 12.0. The molecule has 3 rings (SSSR count). The molecule has 2 amide bonds. The summed E-state index contributed by atoms with van der Waals surface area (Å²) in [6.07, 6.45) is 3.01. The lowest BCUT2D eigenvalue weighted by atomic mass is 10.1. The molecule has 1 aromatic heterocycles. The van der Waals surface area contributed by atoms with Crippen LogP contribution in [0.5, 0.6) is 5.75 Å². The molecule has 0 aliphatic heterocycles. The van der Waals surface area contributed by atoms with Crippen LogP contribution in [-0.4, -0.2) is 21.9 Å². The van der Waals surface area contributed by atoms with Crippen LogP contribution >= 0.6 is 0 Å². The molecule has 0 unspecified atom stereocenters. The molecule has 0 aliphatic carbocycles. The number of carbonyl (C=O) groups excluding carboxylic acids is 2. The summed E-state index contributed by atoms with van der Waals surface area (Å²) < 4.78 is 0. The van der Waals surface area contributed by atoms with Gasteiger partial charge in [0.05, 0.1) is 11.9 Å². The summed E-state index contributed by atoms with van der Waals surface area (Å²) in [5.41, 5.74) is 0.882. The molecule has 0 fully saturated rings. The topological polar surface area (TPSA) is 91.3 Å². The van der Waals surface area contributed by atoms with Gasteiger partial charge in [0.25, 0.3) is 0 Å². The standard InChI is InChI=1S/C17H13N3O3/c21-15-8-2-5-12-13(15)6-1-7-14(12)20-17(23)16(22)19-11-4-3-9-18-10-11/h1-10,21H,(H,19,22)(H,20,23). The van der Waals surface area contributed by atoms with E-state index in [0.717, 1.165) is 0 Å². The van der Waals surface area contributed by atoms with Gasteiger partial charge in [-0.2, -0.15) is 0 Å². The maximum Gasteiger partial charge on any atom is 0.314 e. The number of aromatic nitrogens is 1. The number of carbonyl (C=O) groups is 2. The molecule has 6 heteroatoms. The number of benzene rings is 2. The van der Waals surface area contributed by atoms with Crippen molar-refractivity contribution in [2.45, 2.75) is 0 Å². The highest BCUT2D eigenvalue weighted by Gasteiger charge is 2.15. The van der Waals surface area contributed by atoms with E-state index in [9.17, 15) is 14.7 Å². The van der Waals surface area contributed by atoms with Crippen molar-refractivity contribution in [3.8, 4) is 5.75 Å². The van der Waals surface area contributed by atoms with Crippen LogP contribution in [-0.2, 0) is 9.59 Å². The van der Waals surface area contributed by atoms with Gasteiger partial charge in [-0.15, -0.1) is 0 Å². The van der Waals surface area contributed by atoms with Crippen molar-refractivity contribution in [3.63, 3.8) is 0 Å². The summed E-state index contributed by atoms with van der Waals surface area (Å²) in [5.74, 6) is -1.49. The third kappa shape index (κ3) is 3.11. The van der Waals surface area contributed by atoms with E-state index in [1.165, 1.54) is 6.20 Å². The molecule has 0 spiro atoms. The van der Waals surface area contributed by atoms with Crippen molar-refractivity contribution in [1.82, 2.24) is 4.98 Å². The fourth-order valence-electron chi connectivity index (χ4n) is 2.21. The number of nitrogens with zero attached hydrogens (tertiary/aromatic N) is 1.